The zero-order valence-corrected chi connectivity index (χ0v) is 14.8. The molecule has 9 nitrogen and oxygen atoms in total. The van der Waals surface area contributed by atoms with Gasteiger partial charge in [0, 0.05) is 18.8 Å². The molecule has 3 N–H and O–H groups in total. The van der Waals surface area contributed by atoms with Crippen LogP contribution in [0, 0.1) is 0 Å². The summed E-state index contributed by atoms with van der Waals surface area (Å²) in [7, 11) is 1.39. The lowest BCUT2D eigenvalue weighted by atomic mass is 9.97. The van der Waals surface area contributed by atoms with Crippen LogP contribution in [0.4, 0.5) is 0 Å². The number of aromatic hydroxyl groups is 2. The van der Waals surface area contributed by atoms with E-state index in [0.29, 0.717) is 6.42 Å². The molecule has 26 heavy (non-hydrogen) atoms. The number of hydrogen-bond donors (Lipinski definition) is 3. The minimum atomic E-state index is -1.13. The van der Waals surface area contributed by atoms with Gasteiger partial charge in [-0.05, 0) is 25.1 Å². The van der Waals surface area contributed by atoms with E-state index < -0.39 is 28.4 Å². The highest BCUT2D eigenvalue weighted by atomic mass is 32.2. The summed E-state index contributed by atoms with van der Waals surface area (Å²) >= 11 is 1.32. The summed E-state index contributed by atoms with van der Waals surface area (Å²) < 4.78 is -0.978. The number of carboxylic acid groups (broad SMARTS) is 1. The number of amides is 2. The fraction of sp³-hybridized carbons (Fsp3) is 0.375. The predicted molar refractivity (Wildman–Crippen MR) is 93.0 cm³/mol. The van der Waals surface area contributed by atoms with E-state index in [1.165, 1.54) is 42.1 Å². The minimum absolute atomic E-state index is 0.109. The molecular formula is C16H17N3O6S. The van der Waals surface area contributed by atoms with Gasteiger partial charge in [-0.1, -0.05) is 0 Å². The lowest BCUT2D eigenvalue weighted by molar-refractivity contribution is -0.156. The lowest BCUT2D eigenvalue weighted by Gasteiger charge is -2.36. The maximum absolute atomic E-state index is 12.4. The summed E-state index contributed by atoms with van der Waals surface area (Å²) in [5, 5.41) is 33.2. The van der Waals surface area contributed by atoms with Crippen LogP contribution in [0.5, 0.6) is 11.5 Å². The fourth-order valence-corrected chi connectivity index (χ4v) is 4.62. The van der Waals surface area contributed by atoms with Gasteiger partial charge in [0.2, 0.25) is 5.91 Å². The summed E-state index contributed by atoms with van der Waals surface area (Å²) in [6.07, 6.45) is 1.65. The molecule has 0 spiro atoms. The van der Waals surface area contributed by atoms with Gasteiger partial charge in [-0.25, -0.2) is 9.80 Å². The highest BCUT2D eigenvalue weighted by Crippen LogP contribution is 2.50. The molecule has 2 heterocycles. The van der Waals surface area contributed by atoms with Gasteiger partial charge in [-0.15, -0.1) is 11.8 Å². The minimum Gasteiger partial charge on any atom is -0.504 e. The van der Waals surface area contributed by atoms with Crippen LogP contribution < -0.4 is 0 Å². The summed E-state index contributed by atoms with van der Waals surface area (Å²) in [5.41, 5.74) is 0.109. The number of phenols is 2. The lowest BCUT2D eigenvalue weighted by Crippen LogP contribution is -2.57. The number of rotatable bonds is 4. The average Bonchev–Trinajstić information content (AvgIpc) is 2.82. The molecule has 2 saturated heterocycles. The normalized spacial score (nSPS) is 27.3. The standard InChI is InChI=1S/C16H17N3O6S/c1-16(13(15(24)25)19-11(22)6-12(19)26-16)7-17-18(2)14(23)8-3-4-9(20)10(21)5-8/h3-5,7,12-13,20-21H,6H2,1-2H3,(H,24,25)/b17-7+/t12-,13+,16+/m1/s1. The number of carbonyl (C=O) groups excluding carboxylic acids is 2. The molecule has 0 saturated carbocycles. The molecule has 3 rings (SSSR count). The third-order valence-corrected chi connectivity index (χ3v) is 5.90. The van der Waals surface area contributed by atoms with Crippen LogP contribution >= 0.6 is 11.8 Å². The second kappa shape index (κ2) is 6.20. The molecule has 1 aromatic carbocycles. The van der Waals surface area contributed by atoms with Crippen molar-refractivity contribution in [2.75, 3.05) is 7.05 Å². The monoisotopic (exact) mass is 379 g/mol. The molecule has 2 aliphatic heterocycles. The molecule has 3 atom stereocenters. The first kappa shape index (κ1) is 18.1. The van der Waals surface area contributed by atoms with Crippen LogP contribution in [-0.2, 0) is 9.59 Å². The summed E-state index contributed by atoms with van der Waals surface area (Å²) in [4.78, 5) is 37.0. The molecule has 1 aromatic rings. The van der Waals surface area contributed by atoms with Crippen molar-refractivity contribution in [1.29, 1.82) is 0 Å². The van der Waals surface area contributed by atoms with Crippen molar-refractivity contribution < 1.29 is 29.7 Å². The fourth-order valence-electron chi connectivity index (χ4n) is 3.01. The number of phenolic OH excluding ortho intramolecular Hbond substituents is 2. The van der Waals surface area contributed by atoms with Crippen LogP contribution in [0.1, 0.15) is 23.7 Å². The maximum Gasteiger partial charge on any atom is 0.328 e. The number of hydrogen-bond acceptors (Lipinski definition) is 7. The van der Waals surface area contributed by atoms with E-state index in [-0.39, 0.29) is 22.6 Å². The van der Waals surface area contributed by atoms with Gasteiger partial charge in [0.05, 0.1) is 16.5 Å². The van der Waals surface area contributed by atoms with Crippen molar-refractivity contribution in [2.45, 2.75) is 29.5 Å². The molecule has 2 aliphatic rings. The molecule has 0 radical (unpaired) electrons. The van der Waals surface area contributed by atoms with Gasteiger partial charge in [0.15, 0.2) is 11.5 Å². The van der Waals surface area contributed by atoms with Crippen LogP contribution in [0.3, 0.4) is 0 Å². The summed E-state index contributed by atoms with van der Waals surface area (Å²) in [5.74, 6) is -2.66. The third-order valence-electron chi connectivity index (χ3n) is 4.40. The highest BCUT2D eigenvalue weighted by Gasteiger charge is 2.60. The van der Waals surface area contributed by atoms with E-state index in [4.69, 9.17) is 0 Å². The van der Waals surface area contributed by atoms with Gasteiger partial charge in [-0.2, -0.15) is 5.10 Å². The van der Waals surface area contributed by atoms with E-state index in [9.17, 15) is 29.7 Å². The van der Waals surface area contributed by atoms with Crippen LogP contribution in [0.15, 0.2) is 23.3 Å². The predicted octanol–water partition coefficient (Wildman–Crippen LogP) is 0.673. The van der Waals surface area contributed by atoms with Crippen molar-refractivity contribution in [1.82, 2.24) is 9.91 Å². The van der Waals surface area contributed by atoms with E-state index in [2.05, 4.69) is 5.10 Å². The first-order valence-corrected chi connectivity index (χ1v) is 8.59. The van der Waals surface area contributed by atoms with E-state index in [0.717, 1.165) is 11.1 Å². The first-order chi connectivity index (χ1) is 12.1. The molecular weight excluding hydrogens is 362 g/mol. The number of β-lactam (4-membered cyclic amide) rings is 1. The Balaban J connectivity index is 1.79. The van der Waals surface area contributed by atoms with Crippen LogP contribution in [-0.4, -0.2) is 72.4 Å². The number of benzene rings is 1. The zero-order valence-electron chi connectivity index (χ0n) is 14.0. The first-order valence-electron chi connectivity index (χ1n) is 7.71. The van der Waals surface area contributed by atoms with E-state index >= 15 is 0 Å². The Labute approximate surface area is 152 Å². The maximum atomic E-state index is 12.4. The van der Waals surface area contributed by atoms with E-state index in [1.807, 2.05) is 0 Å². The van der Waals surface area contributed by atoms with Gasteiger partial charge >= 0.3 is 5.97 Å². The highest BCUT2D eigenvalue weighted by molar-refractivity contribution is 8.02. The van der Waals surface area contributed by atoms with Crippen LogP contribution in [0.25, 0.3) is 0 Å². The molecule has 0 aliphatic carbocycles. The molecule has 10 heteroatoms. The Hall–Kier alpha value is -2.75. The van der Waals surface area contributed by atoms with Gasteiger partial charge in [0.1, 0.15) is 6.04 Å². The Morgan fingerprint density at radius 2 is 2.08 bits per heavy atom. The summed E-state index contributed by atoms with van der Waals surface area (Å²) in [6.45, 7) is 1.66. The number of thioether (sulfide) groups is 1. The van der Waals surface area contributed by atoms with Gasteiger partial charge in [-0.3, -0.25) is 9.59 Å². The number of aliphatic carboxylic acids is 1. The third kappa shape index (κ3) is 2.85. The van der Waals surface area contributed by atoms with Crippen molar-refractivity contribution in [3.05, 3.63) is 23.8 Å². The Morgan fingerprint density at radius 1 is 1.38 bits per heavy atom. The molecule has 2 fully saturated rings. The second-order valence-electron chi connectivity index (χ2n) is 6.28. The Kier molecular flexibility index (Phi) is 4.31. The van der Waals surface area contributed by atoms with Crippen molar-refractivity contribution >= 4 is 35.8 Å². The molecule has 138 valence electrons. The average molecular weight is 379 g/mol. The zero-order chi connectivity index (χ0) is 19.2. The Morgan fingerprint density at radius 3 is 2.65 bits per heavy atom. The number of carboxylic acids is 1. The van der Waals surface area contributed by atoms with Crippen molar-refractivity contribution in [3.8, 4) is 11.5 Å². The molecule has 0 aromatic heterocycles. The number of fused-ring (bicyclic) bond motifs is 1. The SMILES string of the molecule is CN(/N=C/[C@]1(C)S[C@@H]2CC(=O)N2[C@H]1C(=O)O)C(=O)c1ccc(O)c(O)c1. The quantitative estimate of drug-likeness (QED) is 0.303. The van der Waals surface area contributed by atoms with Crippen molar-refractivity contribution in [3.63, 3.8) is 0 Å². The van der Waals surface area contributed by atoms with Gasteiger partial charge in [0.25, 0.3) is 5.91 Å². The molecule has 2 amide bonds. The molecule has 0 bridgehead atoms. The number of carbonyl (C=O) groups is 3. The smallest absolute Gasteiger partial charge is 0.328 e. The van der Waals surface area contributed by atoms with Gasteiger partial charge < -0.3 is 20.2 Å². The largest absolute Gasteiger partial charge is 0.504 e. The van der Waals surface area contributed by atoms with E-state index in [1.54, 1.807) is 6.92 Å². The Bertz CT molecular complexity index is 828. The van der Waals surface area contributed by atoms with Crippen molar-refractivity contribution in [2.24, 2.45) is 5.10 Å². The summed E-state index contributed by atoms with van der Waals surface area (Å²) in [6, 6.07) is 2.58. The second-order valence-corrected chi connectivity index (χ2v) is 7.94. The number of hydrazone groups is 1. The number of nitrogens with zero attached hydrogens (tertiary/aromatic N) is 3. The topological polar surface area (TPSA) is 131 Å². The van der Waals surface area contributed by atoms with Crippen LogP contribution in [0.2, 0.25) is 0 Å². The molecule has 0 unspecified atom stereocenters.